The summed E-state index contributed by atoms with van der Waals surface area (Å²) in [6, 6.07) is 7.76. The molecule has 0 aliphatic rings. The van der Waals surface area contributed by atoms with E-state index in [9.17, 15) is 4.79 Å². The zero-order chi connectivity index (χ0) is 12.7. The maximum atomic E-state index is 10.1. The van der Waals surface area contributed by atoms with E-state index in [2.05, 4.69) is 4.99 Å². The van der Waals surface area contributed by atoms with Crippen LogP contribution in [0.1, 0.15) is 5.56 Å². The van der Waals surface area contributed by atoms with E-state index < -0.39 is 8.80 Å². The van der Waals surface area contributed by atoms with Crippen molar-refractivity contribution in [1.29, 1.82) is 0 Å². The van der Waals surface area contributed by atoms with Crippen LogP contribution in [0.15, 0.2) is 29.3 Å². The molecule has 0 aromatic heterocycles. The van der Waals surface area contributed by atoms with Crippen molar-refractivity contribution < 1.29 is 18.1 Å². The van der Waals surface area contributed by atoms with Gasteiger partial charge in [-0.15, -0.1) is 0 Å². The Kier molecular flexibility index (Phi) is 5.21. The van der Waals surface area contributed by atoms with Gasteiger partial charge in [-0.05, 0) is 17.7 Å². The molecule has 0 aliphatic heterocycles. The second-order valence-corrected chi connectivity index (χ2v) is 6.29. The lowest BCUT2D eigenvalue weighted by Crippen LogP contribution is -2.45. The van der Waals surface area contributed by atoms with Gasteiger partial charge >= 0.3 is 8.80 Å². The third-order valence-electron chi connectivity index (χ3n) is 2.46. The second-order valence-electron chi connectivity index (χ2n) is 3.34. The van der Waals surface area contributed by atoms with E-state index in [1.165, 1.54) is 6.08 Å². The molecule has 0 saturated carbocycles. The van der Waals surface area contributed by atoms with Crippen LogP contribution in [0.4, 0.5) is 5.69 Å². The summed E-state index contributed by atoms with van der Waals surface area (Å²) < 4.78 is 16.0. The molecule has 0 unspecified atom stereocenters. The summed E-state index contributed by atoms with van der Waals surface area (Å²) in [5, 5.41) is 0. The molecule has 0 amide bonds. The minimum Gasteiger partial charge on any atom is -0.377 e. The Bertz CT molecular complexity index is 388. The summed E-state index contributed by atoms with van der Waals surface area (Å²) in [5.41, 5.74) is 1.58. The topological polar surface area (TPSA) is 57.1 Å². The van der Waals surface area contributed by atoms with Gasteiger partial charge in [0.2, 0.25) is 6.08 Å². The predicted molar refractivity (Wildman–Crippen MR) is 64.7 cm³/mol. The van der Waals surface area contributed by atoms with Gasteiger partial charge in [0.15, 0.2) is 0 Å². The van der Waals surface area contributed by atoms with Gasteiger partial charge in [0.1, 0.15) is 0 Å². The van der Waals surface area contributed by atoms with E-state index in [1.807, 2.05) is 12.1 Å². The van der Waals surface area contributed by atoms with Crippen molar-refractivity contribution in [3.8, 4) is 0 Å². The van der Waals surface area contributed by atoms with Gasteiger partial charge in [-0.2, -0.15) is 4.99 Å². The van der Waals surface area contributed by atoms with E-state index >= 15 is 0 Å². The maximum absolute atomic E-state index is 10.1. The van der Waals surface area contributed by atoms with E-state index in [-0.39, 0.29) is 0 Å². The van der Waals surface area contributed by atoms with E-state index in [0.29, 0.717) is 11.7 Å². The first-order chi connectivity index (χ1) is 8.19. The molecule has 0 saturated heterocycles. The number of hydrogen-bond donors (Lipinski definition) is 0. The number of nitrogens with zero attached hydrogens (tertiary/aromatic N) is 1. The Morgan fingerprint density at radius 1 is 1.12 bits per heavy atom. The third-order valence-corrected chi connectivity index (χ3v) is 5.17. The zero-order valence-corrected chi connectivity index (χ0v) is 11.1. The minimum absolute atomic E-state index is 0.571. The van der Waals surface area contributed by atoms with E-state index in [1.54, 1.807) is 33.5 Å². The van der Waals surface area contributed by atoms with Crippen LogP contribution in [0.25, 0.3) is 0 Å². The highest BCUT2D eigenvalue weighted by atomic mass is 28.4. The van der Waals surface area contributed by atoms with Crippen LogP contribution in [0.5, 0.6) is 0 Å². The van der Waals surface area contributed by atoms with Gasteiger partial charge in [-0.25, -0.2) is 4.79 Å². The fourth-order valence-electron chi connectivity index (χ4n) is 1.46. The van der Waals surface area contributed by atoms with E-state index in [0.717, 1.165) is 5.56 Å². The number of isocyanates is 1. The number of carbonyl (C=O) groups excluding carboxylic acids is 1. The number of rotatable bonds is 6. The Labute approximate surface area is 101 Å². The monoisotopic (exact) mass is 253 g/mol. The van der Waals surface area contributed by atoms with Gasteiger partial charge in [0.25, 0.3) is 0 Å². The normalized spacial score (nSPS) is 11.0. The van der Waals surface area contributed by atoms with Crippen LogP contribution in [-0.2, 0) is 24.1 Å². The molecule has 0 fully saturated rings. The number of aliphatic imine (C=N–C) groups is 1. The standard InChI is InChI=1S/C11H15NO4Si/c1-14-17(15-2,16-3)8-10-4-6-11(7-5-10)12-9-13/h4-7H,8H2,1-3H3. The van der Waals surface area contributed by atoms with Crippen LogP contribution in [-0.4, -0.2) is 36.2 Å². The molecule has 92 valence electrons. The molecule has 1 aromatic carbocycles. The first-order valence-corrected chi connectivity index (χ1v) is 6.95. The van der Waals surface area contributed by atoms with Crippen LogP contribution < -0.4 is 0 Å². The molecule has 0 bridgehead atoms. The fourth-order valence-corrected chi connectivity index (χ4v) is 3.13. The number of benzene rings is 1. The summed E-state index contributed by atoms with van der Waals surface area (Å²) in [6.45, 7) is 0. The molecule has 5 nitrogen and oxygen atoms in total. The first-order valence-electron chi connectivity index (χ1n) is 5.02. The molecule has 0 N–H and O–H groups in total. The molecule has 0 radical (unpaired) electrons. The van der Waals surface area contributed by atoms with Crippen LogP contribution >= 0.6 is 0 Å². The predicted octanol–water partition coefficient (Wildman–Crippen LogP) is 1.61. The molecule has 0 heterocycles. The van der Waals surface area contributed by atoms with Gasteiger partial charge in [-0.1, -0.05) is 12.1 Å². The summed E-state index contributed by atoms with van der Waals surface area (Å²) >= 11 is 0. The molecule has 0 aliphatic carbocycles. The largest absolute Gasteiger partial charge is 0.504 e. The summed E-state index contributed by atoms with van der Waals surface area (Å²) in [6.07, 6.45) is 1.49. The summed E-state index contributed by atoms with van der Waals surface area (Å²) in [7, 11) is 2.12. The zero-order valence-electron chi connectivity index (χ0n) is 10.1. The SMILES string of the molecule is CO[Si](Cc1ccc(N=C=O)cc1)(OC)OC. The highest BCUT2D eigenvalue weighted by Gasteiger charge is 2.37. The Morgan fingerprint density at radius 3 is 2.06 bits per heavy atom. The lowest BCUT2D eigenvalue weighted by molar-refractivity contribution is 0.122. The fraction of sp³-hybridized carbons (Fsp3) is 0.364. The molecular formula is C11H15NO4Si. The Balaban J connectivity index is 2.83. The average Bonchev–Trinajstić information content (AvgIpc) is 2.39. The molecule has 17 heavy (non-hydrogen) atoms. The average molecular weight is 253 g/mol. The van der Waals surface area contributed by atoms with Gasteiger partial charge in [0.05, 0.1) is 5.69 Å². The van der Waals surface area contributed by atoms with Gasteiger partial charge in [-0.3, -0.25) is 0 Å². The third kappa shape index (κ3) is 3.59. The lowest BCUT2D eigenvalue weighted by Gasteiger charge is -2.24. The van der Waals surface area contributed by atoms with Gasteiger partial charge < -0.3 is 13.3 Å². The Hall–Kier alpha value is -1.30. The van der Waals surface area contributed by atoms with Crippen molar-refractivity contribution in [2.24, 2.45) is 4.99 Å². The summed E-state index contributed by atoms with van der Waals surface area (Å²) in [4.78, 5) is 13.6. The first kappa shape index (κ1) is 13.8. The second kappa shape index (κ2) is 6.44. The minimum atomic E-state index is -2.60. The van der Waals surface area contributed by atoms with Crippen molar-refractivity contribution in [1.82, 2.24) is 0 Å². The van der Waals surface area contributed by atoms with Crippen LogP contribution in [0, 0.1) is 0 Å². The van der Waals surface area contributed by atoms with Crippen molar-refractivity contribution >= 4 is 20.6 Å². The van der Waals surface area contributed by atoms with Crippen molar-refractivity contribution in [3.05, 3.63) is 29.8 Å². The molecular weight excluding hydrogens is 238 g/mol. The molecule has 0 atom stereocenters. The lowest BCUT2D eigenvalue weighted by atomic mass is 10.2. The van der Waals surface area contributed by atoms with Crippen LogP contribution in [0.2, 0.25) is 0 Å². The highest BCUT2D eigenvalue weighted by molar-refractivity contribution is 6.60. The molecule has 0 spiro atoms. The molecule has 1 aromatic rings. The van der Waals surface area contributed by atoms with E-state index in [4.69, 9.17) is 13.3 Å². The maximum Gasteiger partial charge on any atom is 0.504 e. The Morgan fingerprint density at radius 2 is 1.65 bits per heavy atom. The number of hydrogen-bond acceptors (Lipinski definition) is 5. The molecule has 1 rings (SSSR count). The summed E-state index contributed by atoms with van der Waals surface area (Å²) in [5.74, 6) is 0. The van der Waals surface area contributed by atoms with Crippen molar-refractivity contribution in [3.63, 3.8) is 0 Å². The smallest absolute Gasteiger partial charge is 0.377 e. The van der Waals surface area contributed by atoms with Gasteiger partial charge in [0, 0.05) is 27.4 Å². The van der Waals surface area contributed by atoms with Crippen molar-refractivity contribution in [2.75, 3.05) is 21.3 Å². The van der Waals surface area contributed by atoms with Crippen LogP contribution in [0.3, 0.4) is 0 Å². The quantitative estimate of drug-likeness (QED) is 0.439. The highest BCUT2D eigenvalue weighted by Crippen LogP contribution is 2.17. The molecule has 6 heteroatoms. The van der Waals surface area contributed by atoms with Crippen molar-refractivity contribution in [2.45, 2.75) is 6.04 Å².